The number of phenols is 1. The molecule has 0 radical (unpaired) electrons. The van der Waals surface area contributed by atoms with Crippen molar-refractivity contribution in [3.05, 3.63) is 52.5 Å². The second-order valence-corrected chi connectivity index (χ2v) is 4.55. The van der Waals surface area contributed by atoms with Crippen molar-refractivity contribution >= 4 is 40.6 Å². The van der Waals surface area contributed by atoms with Gasteiger partial charge in [0.2, 0.25) is 0 Å². The lowest BCUT2D eigenvalue weighted by atomic mass is 10.3. The summed E-state index contributed by atoms with van der Waals surface area (Å²) in [6, 6.07) is 11.4. The Kier molecular flexibility index (Phi) is 4.14. The summed E-state index contributed by atoms with van der Waals surface area (Å²) < 4.78 is 0. The number of amides is 2. The van der Waals surface area contributed by atoms with Crippen LogP contribution < -0.4 is 10.6 Å². The lowest BCUT2D eigenvalue weighted by molar-refractivity contribution is 0.262. The minimum atomic E-state index is -0.427. The highest BCUT2D eigenvalue weighted by atomic mass is 35.5. The van der Waals surface area contributed by atoms with Crippen molar-refractivity contribution in [3.63, 3.8) is 0 Å². The number of hydrogen-bond donors (Lipinski definition) is 3. The Balaban J connectivity index is 2.07. The van der Waals surface area contributed by atoms with Gasteiger partial charge in [-0.15, -0.1) is 0 Å². The van der Waals surface area contributed by atoms with Gasteiger partial charge in [0.25, 0.3) is 0 Å². The molecule has 0 spiro atoms. The van der Waals surface area contributed by atoms with Crippen LogP contribution in [-0.2, 0) is 0 Å². The number of phenolic OH excluding ortho intramolecular Hbond substituents is 1. The summed E-state index contributed by atoms with van der Waals surface area (Å²) in [5, 5.41) is 14.8. The third kappa shape index (κ3) is 3.53. The van der Waals surface area contributed by atoms with Gasteiger partial charge in [0.1, 0.15) is 0 Å². The van der Waals surface area contributed by atoms with Gasteiger partial charge >= 0.3 is 6.03 Å². The van der Waals surface area contributed by atoms with E-state index >= 15 is 0 Å². The highest BCUT2D eigenvalue weighted by molar-refractivity contribution is 6.37. The zero-order valence-electron chi connectivity index (χ0n) is 9.65. The molecule has 4 nitrogen and oxygen atoms in total. The fourth-order valence-electron chi connectivity index (χ4n) is 1.45. The number of carbonyl (C=O) groups excluding carboxylic acids is 1. The normalized spacial score (nSPS) is 10.0. The smallest absolute Gasteiger partial charge is 0.323 e. The average molecular weight is 297 g/mol. The quantitative estimate of drug-likeness (QED) is 0.722. The Bertz CT molecular complexity index is 580. The van der Waals surface area contributed by atoms with Gasteiger partial charge in [0.15, 0.2) is 5.75 Å². The van der Waals surface area contributed by atoms with E-state index in [0.717, 1.165) is 0 Å². The van der Waals surface area contributed by atoms with Gasteiger partial charge < -0.3 is 15.7 Å². The van der Waals surface area contributed by atoms with Crippen LogP contribution in [0.4, 0.5) is 16.2 Å². The predicted octanol–water partition coefficient (Wildman–Crippen LogP) is 4.34. The minimum absolute atomic E-state index is 0.0718. The highest BCUT2D eigenvalue weighted by Crippen LogP contribution is 2.34. The van der Waals surface area contributed by atoms with Crippen LogP contribution >= 0.6 is 23.2 Å². The molecule has 3 N–H and O–H groups in total. The number of anilines is 2. The molecule has 0 aliphatic rings. The third-order valence-electron chi connectivity index (χ3n) is 2.31. The molecule has 0 atom stereocenters. The SMILES string of the molecule is O=C(Nc1ccccc1)Nc1cc(Cl)c(O)c(Cl)c1. The molecule has 0 aliphatic carbocycles. The zero-order valence-corrected chi connectivity index (χ0v) is 11.2. The molecule has 0 unspecified atom stereocenters. The fraction of sp³-hybridized carbons (Fsp3) is 0. The molecule has 0 saturated heterocycles. The number of carbonyl (C=O) groups is 1. The Morgan fingerprint density at radius 2 is 1.47 bits per heavy atom. The van der Waals surface area contributed by atoms with Gasteiger partial charge in [-0.3, -0.25) is 0 Å². The van der Waals surface area contributed by atoms with Crippen LogP contribution in [0.2, 0.25) is 10.0 Å². The van der Waals surface area contributed by atoms with Crippen molar-refractivity contribution in [2.45, 2.75) is 0 Å². The maximum absolute atomic E-state index is 11.7. The van der Waals surface area contributed by atoms with Gasteiger partial charge in [0, 0.05) is 11.4 Å². The van der Waals surface area contributed by atoms with Crippen LogP contribution in [0.1, 0.15) is 0 Å². The van der Waals surface area contributed by atoms with E-state index in [1.807, 2.05) is 18.2 Å². The second-order valence-electron chi connectivity index (χ2n) is 3.73. The van der Waals surface area contributed by atoms with Crippen LogP contribution in [-0.4, -0.2) is 11.1 Å². The molecular weight excluding hydrogens is 287 g/mol. The number of urea groups is 1. The van der Waals surface area contributed by atoms with E-state index in [9.17, 15) is 9.90 Å². The molecule has 0 fully saturated rings. The number of rotatable bonds is 2. The number of hydrogen-bond acceptors (Lipinski definition) is 2. The van der Waals surface area contributed by atoms with Crippen LogP contribution in [0.25, 0.3) is 0 Å². The first-order valence-electron chi connectivity index (χ1n) is 5.37. The van der Waals surface area contributed by atoms with E-state index in [1.165, 1.54) is 12.1 Å². The summed E-state index contributed by atoms with van der Waals surface area (Å²) in [6.07, 6.45) is 0. The van der Waals surface area contributed by atoms with Gasteiger partial charge in [-0.25, -0.2) is 4.79 Å². The monoisotopic (exact) mass is 296 g/mol. The molecule has 19 heavy (non-hydrogen) atoms. The standard InChI is InChI=1S/C13H10Cl2N2O2/c14-10-6-9(7-11(15)12(10)18)17-13(19)16-8-4-2-1-3-5-8/h1-7,18H,(H2,16,17,19). The number of aromatic hydroxyl groups is 1. The minimum Gasteiger partial charge on any atom is -0.505 e. The van der Waals surface area contributed by atoms with E-state index in [4.69, 9.17) is 23.2 Å². The van der Waals surface area contributed by atoms with E-state index in [2.05, 4.69) is 10.6 Å². The Morgan fingerprint density at radius 1 is 0.947 bits per heavy atom. The van der Waals surface area contributed by atoms with Crippen molar-refractivity contribution in [1.82, 2.24) is 0 Å². The molecule has 0 aliphatic heterocycles. The van der Waals surface area contributed by atoms with Crippen molar-refractivity contribution in [3.8, 4) is 5.75 Å². The zero-order chi connectivity index (χ0) is 13.8. The van der Waals surface area contributed by atoms with E-state index in [0.29, 0.717) is 11.4 Å². The molecule has 2 rings (SSSR count). The molecule has 0 bridgehead atoms. The first-order chi connectivity index (χ1) is 9.06. The van der Waals surface area contributed by atoms with E-state index in [1.54, 1.807) is 12.1 Å². The number of halogens is 2. The summed E-state index contributed by atoms with van der Waals surface area (Å²) in [6.45, 7) is 0. The molecule has 0 saturated carbocycles. The van der Waals surface area contributed by atoms with Crippen molar-refractivity contribution in [2.75, 3.05) is 10.6 Å². The largest absolute Gasteiger partial charge is 0.505 e. The molecular formula is C13H10Cl2N2O2. The molecule has 6 heteroatoms. The molecule has 98 valence electrons. The summed E-state index contributed by atoms with van der Waals surface area (Å²) in [5.41, 5.74) is 1.05. The van der Waals surface area contributed by atoms with E-state index in [-0.39, 0.29) is 15.8 Å². The fourth-order valence-corrected chi connectivity index (χ4v) is 1.94. The maximum atomic E-state index is 11.7. The number of para-hydroxylation sites is 1. The first kappa shape index (κ1) is 13.5. The topological polar surface area (TPSA) is 61.4 Å². The molecule has 2 aromatic rings. The summed E-state index contributed by atoms with van der Waals surface area (Å²) in [7, 11) is 0. The van der Waals surface area contributed by atoms with Gasteiger partial charge in [-0.05, 0) is 24.3 Å². The molecule has 2 amide bonds. The lowest BCUT2D eigenvalue weighted by Gasteiger charge is -2.09. The maximum Gasteiger partial charge on any atom is 0.323 e. The molecule has 0 aromatic heterocycles. The molecule has 0 heterocycles. The van der Waals surface area contributed by atoms with Crippen LogP contribution in [0.3, 0.4) is 0 Å². The summed E-state index contributed by atoms with van der Waals surface area (Å²) in [5.74, 6) is -0.211. The van der Waals surface area contributed by atoms with Gasteiger partial charge in [0.05, 0.1) is 10.0 Å². The summed E-state index contributed by atoms with van der Waals surface area (Å²) in [4.78, 5) is 11.7. The van der Waals surface area contributed by atoms with Crippen LogP contribution in [0.5, 0.6) is 5.75 Å². The summed E-state index contributed by atoms with van der Waals surface area (Å²) >= 11 is 11.5. The predicted molar refractivity (Wildman–Crippen MR) is 77.2 cm³/mol. The lowest BCUT2D eigenvalue weighted by Crippen LogP contribution is -2.19. The number of nitrogens with one attached hydrogen (secondary N) is 2. The highest BCUT2D eigenvalue weighted by Gasteiger charge is 2.09. The second kappa shape index (κ2) is 5.82. The average Bonchev–Trinajstić information content (AvgIpc) is 2.37. The third-order valence-corrected chi connectivity index (χ3v) is 2.88. The van der Waals surface area contributed by atoms with Gasteiger partial charge in [-0.2, -0.15) is 0 Å². The Labute approximate surface area is 120 Å². The van der Waals surface area contributed by atoms with E-state index < -0.39 is 6.03 Å². The number of benzene rings is 2. The molecule has 2 aromatic carbocycles. The van der Waals surface area contributed by atoms with Crippen LogP contribution in [0.15, 0.2) is 42.5 Å². The van der Waals surface area contributed by atoms with Crippen LogP contribution in [0, 0.1) is 0 Å². The van der Waals surface area contributed by atoms with Crippen molar-refractivity contribution < 1.29 is 9.90 Å². The first-order valence-corrected chi connectivity index (χ1v) is 6.13. The van der Waals surface area contributed by atoms with Crippen molar-refractivity contribution in [1.29, 1.82) is 0 Å². The van der Waals surface area contributed by atoms with Crippen molar-refractivity contribution in [2.24, 2.45) is 0 Å². The Hall–Kier alpha value is -1.91. The van der Waals surface area contributed by atoms with Gasteiger partial charge in [-0.1, -0.05) is 41.4 Å². The Morgan fingerprint density at radius 3 is 2.05 bits per heavy atom.